The monoisotopic (exact) mass is 439 g/mol. The van der Waals surface area contributed by atoms with E-state index in [9.17, 15) is 9.59 Å². The van der Waals surface area contributed by atoms with E-state index in [4.69, 9.17) is 0 Å². The first-order valence-corrected chi connectivity index (χ1v) is 10.6. The molecule has 0 aliphatic heterocycles. The van der Waals surface area contributed by atoms with Gasteiger partial charge < -0.3 is 9.88 Å². The van der Waals surface area contributed by atoms with Gasteiger partial charge in [0.2, 0.25) is 5.43 Å². The highest BCUT2D eigenvalue weighted by Gasteiger charge is 2.17. The van der Waals surface area contributed by atoms with Crippen LogP contribution < -0.4 is 10.7 Å². The maximum atomic E-state index is 13.1. The number of hydrogen-bond acceptors (Lipinski definition) is 6. The summed E-state index contributed by atoms with van der Waals surface area (Å²) in [5, 5.41) is 15.9. The molecule has 0 bridgehead atoms. The Morgan fingerprint density at radius 1 is 1.06 bits per heavy atom. The highest BCUT2D eigenvalue weighted by Crippen LogP contribution is 2.22. The molecule has 164 valence electrons. The first-order chi connectivity index (χ1) is 15.9. The Labute approximate surface area is 188 Å². The van der Waals surface area contributed by atoms with Crippen LogP contribution in [0.5, 0.6) is 0 Å². The SMILES string of the molecule is CCn1cc(C(=O)Nc2cccc(-c3ccc4nnc(C)n4n3)c2)c(=O)c2ccc(C)nc21. The van der Waals surface area contributed by atoms with Crippen LogP contribution in [0.3, 0.4) is 0 Å². The summed E-state index contributed by atoms with van der Waals surface area (Å²) in [7, 11) is 0. The number of amides is 1. The fourth-order valence-corrected chi connectivity index (χ4v) is 3.77. The molecule has 0 unspecified atom stereocenters. The number of pyridine rings is 2. The second-order valence-corrected chi connectivity index (χ2v) is 7.75. The standard InChI is InChI=1S/C24H21N7O2/c1-4-30-13-19(22(32)18-9-8-14(2)25-23(18)30)24(33)26-17-7-5-6-16(12-17)20-10-11-21-28-27-15(3)31(21)29-20/h5-13H,4H2,1-3H3,(H,26,33). The van der Waals surface area contributed by atoms with Gasteiger partial charge in [-0.1, -0.05) is 12.1 Å². The van der Waals surface area contributed by atoms with Crippen LogP contribution in [-0.2, 0) is 6.54 Å². The third-order valence-corrected chi connectivity index (χ3v) is 5.48. The van der Waals surface area contributed by atoms with Crippen molar-refractivity contribution in [3.63, 3.8) is 0 Å². The molecule has 0 radical (unpaired) electrons. The molecule has 1 N–H and O–H groups in total. The van der Waals surface area contributed by atoms with Crippen LogP contribution in [0.25, 0.3) is 27.9 Å². The van der Waals surface area contributed by atoms with E-state index in [1.807, 2.05) is 55.7 Å². The zero-order chi connectivity index (χ0) is 23.1. The molecule has 1 aromatic carbocycles. The van der Waals surface area contributed by atoms with E-state index in [2.05, 4.69) is 25.6 Å². The summed E-state index contributed by atoms with van der Waals surface area (Å²) >= 11 is 0. The van der Waals surface area contributed by atoms with Gasteiger partial charge in [-0.05, 0) is 57.2 Å². The largest absolute Gasteiger partial charge is 0.332 e. The van der Waals surface area contributed by atoms with E-state index >= 15 is 0 Å². The zero-order valence-corrected chi connectivity index (χ0v) is 18.4. The lowest BCUT2D eigenvalue weighted by atomic mass is 10.1. The van der Waals surface area contributed by atoms with E-state index in [-0.39, 0.29) is 11.0 Å². The smallest absolute Gasteiger partial charge is 0.261 e. The Hall–Kier alpha value is -4.40. The van der Waals surface area contributed by atoms with Crippen molar-refractivity contribution in [2.45, 2.75) is 27.3 Å². The van der Waals surface area contributed by atoms with Crippen molar-refractivity contribution in [1.82, 2.24) is 29.4 Å². The molecule has 33 heavy (non-hydrogen) atoms. The van der Waals surface area contributed by atoms with Crippen LogP contribution in [0.15, 0.2) is 59.5 Å². The highest BCUT2D eigenvalue weighted by molar-refractivity contribution is 6.05. The quantitative estimate of drug-likeness (QED) is 0.460. The molecule has 4 aromatic heterocycles. The molecule has 0 saturated carbocycles. The third kappa shape index (κ3) is 3.63. The summed E-state index contributed by atoms with van der Waals surface area (Å²) < 4.78 is 3.48. The summed E-state index contributed by atoms with van der Waals surface area (Å²) in [5.74, 6) is 0.212. The van der Waals surface area contributed by atoms with Crippen molar-refractivity contribution < 1.29 is 4.79 Å². The first kappa shape index (κ1) is 20.5. The number of aryl methyl sites for hydroxylation is 3. The van der Waals surface area contributed by atoms with Gasteiger partial charge in [-0.2, -0.15) is 9.61 Å². The molecule has 0 spiro atoms. The minimum Gasteiger partial charge on any atom is -0.332 e. The van der Waals surface area contributed by atoms with E-state index in [0.717, 1.165) is 11.3 Å². The van der Waals surface area contributed by atoms with Crippen molar-refractivity contribution in [2.24, 2.45) is 0 Å². The van der Waals surface area contributed by atoms with Gasteiger partial charge in [-0.3, -0.25) is 9.59 Å². The van der Waals surface area contributed by atoms with Crippen LogP contribution in [0.4, 0.5) is 5.69 Å². The molecule has 4 heterocycles. The van der Waals surface area contributed by atoms with Crippen molar-refractivity contribution in [2.75, 3.05) is 5.32 Å². The summed E-state index contributed by atoms with van der Waals surface area (Å²) in [6.07, 6.45) is 1.57. The van der Waals surface area contributed by atoms with Gasteiger partial charge in [0.05, 0.1) is 11.1 Å². The first-order valence-electron chi connectivity index (χ1n) is 10.6. The Morgan fingerprint density at radius 2 is 1.91 bits per heavy atom. The molecular weight excluding hydrogens is 418 g/mol. The van der Waals surface area contributed by atoms with Crippen LogP contribution in [-0.4, -0.2) is 35.3 Å². The normalized spacial score (nSPS) is 11.2. The Kier molecular flexibility index (Phi) is 4.93. The van der Waals surface area contributed by atoms with E-state index < -0.39 is 5.91 Å². The van der Waals surface area contributed by atoms with Gasteiger partial charge >= 0.3 is 0 Å². The molecule has 5 rings (SSSR count). The molecule has 9 heteroatoms. The maximum absolute atomic E-state index is 13.1. The number of benzene rings is 1. The number of nitrogens with one attached hydrogen (secondary N) is 1. The lowest BCUT2D eigenvalue weighted by Gasteiger charge is -2.12. The number of carbonyl (C=O) groups is 1. The number of carbonyl (C=O) groups excluding carboxylic acids is 1. The van der Waals surface area contributed by atoms with E-state index in [1.54, 1.807) is 28.9 Å². The molecule has 1 amide bonds. The van der Waals surface area contributed by atoms with Crippen molar-refractivity contribution in [3.8, 4) is 11.3 Å². The van der Waals surface area contributed by atoms with Crippen molar-refractivity contribution >= 4 is 28.3 Å². The predicted molar refractivity (Wildman–Crippen MR) is 125 cm³/mol. The number of hydrogen-bond donors (Lipinski definition) is 1. The third-order valence-electron chi connectivity index (χ3n) is 5.48. The minimum atomic E-state index is -0.472. The summed E-state index contributed by atoms with van der Waals surface area (Å²) in [6, 6.07) is 14.5. The van der Waals surface area contributed by atoms with E-state index in [0.29, 0.717) is 40.4 Å². The number of anilines is 1. The lowest BCUT2D eigenvalue weighted by Crippen LogP contribution is -2.24. The van der Waals surface area contributed by atoms with Crippen LogP contribution >= 0.6 is 0 Å². The van der Waals surface area contributed by atoms with Gasteiger partial charge in [0.25, 0.3) is 5.91 Å². The van der Waals surface area contributed by atoms with Gasteiger partial charge in [0, 0.05) is 29.7 Å². The average molecular weight is 439 g/mol. The van der Waals surface area contributed by atoms with Gasteiger partial charge in [-0.25, -0.2) is 4.98 Å². The summed E-state index contributed by atoms with van der Waals surface area (Å²) in [4.78, 5) is 30.6. The molecule has 0 atom stereocenters. The molecular formula is C24H21N7O2. The molecule has 5 aromatic rings. The Morgan fingerprint density at radius 3 is 2.73 bits per heavy atom. The topological polar surface area (TPSA) is 107 Å². The average Bonchev–Trinajstić information content (AvgIpc) is 3.19. The summed E-state index contributed by atoms with van der Waals surface area (Å²) in [5.41, 5.74) is 3.86. The molecule has 9 nitrogen and oxygen atoms in total. The van der Waals surface area contributed by atoms with Gasteiger partial charge in [0.15, 0.2) is 11.5 Å². The Balaban J connectivity index is 1.50. The predicted octanol–water partition coefficient (Wildman–Crippen LogP) is 3.39. The number of fused-ring (bicyclic) bond motifs is 2. The number of nitrogens with zero attached hydrogens (tertiary/aromatic N) is 6. The molecule has 0 fully saturated rings. The van der Waals surface area contributed by atoms with E-state index in [1.165, 1.54) is 0 Å². The minimum absolute atomic E-state index is 0.0695. The summed E-state index contributed by atoms with van der Waals surface area (Å²) in [6.45, 7) is 6.23. The molecule has 0 aliphatic rings. The Bertz CT molecular complexity index is 1600. The second kappa shape index (κ2) is 7.94. The zero-order valence-electron chi connectivity index (χ0n) is 18.4. The number of rotatable bonds is 4. The molecule has 0 saturated heterocycles. The van der Waals surface area contributed by atoms with Crippen LogP contribution in [0.1, 0.15) is 28.8 Å². The van der Waals surface area contributed by atoms with Crippen molar-refractivity contribution in [1.29, 1.82) is 0 Å². The molecule has 0 aliphatic carbocycles. The maximum Gasteiger partial charge on any atom is 0.261 e. The fourth-order valence-electron chi connectivity index (χ4n) is 3.77. The van der Waals surface area contributed by atoms with Gasteiger partial charge in [-0.15, -0.1) is 10.2 Å². The lowest BCUT2D eigenvalue weighted by molar-refractivity contribution is 0.102. The van der Waals surface area contributed by atoms with Crippen LogP contribution in [0, 0.1) is 13.8 Å². The van der Waals surface area contributed by atoms with Gasteiger partial charge in [0.1, 0.15) is 11.2 Å². The highest BCUT2D eigenvalue weighted by atomic mass is 16.2. The van der Waals surface area contributed by atoms with Crippen molar-refractivity contribution in [3.05, 3.63) is 82.0 Å². The fraction of sp³-hybridized carbons (Fsp3) is 0.167. The van der Waals surface area contributed by atoms with Crippen LogP contribution in [0.2, 0.25) is 0 Å². The number of aromatic nitrogens is 6. The second-order valence-electron chi connectivity index (χ2n) is 7.75.